The number of fused-ring (bicyclic) bond motifs is 1. The van der Waals surface area contributed by atoms with Gasteiger partial charge in [-0.05, 0) is 23.3 Å². The van der Waals surface area contributed by atoms with Gasteiger partial charge in [0.2, 0.25) is 6.41 Å². The lowest BCUT2D eigenvalue weighted by molar-refractivity contribution is -0.153. The molecule has 1 aromatic heterocycles. The lowest BCUT2D eigenvalue weighted by Gasteiger charge is -2.49. The summed E-state index contributed by atoms with van der Waals surface area (Å²) in [5.74, 6) is -0.781. The van der Waals surface area contributed by atoms with Gasteiger partial charge in [-0.25, -0.2) is 9.78 Å². The maximum absolute atomic E-state index is 13.1. The number of oxime groups is 1. The Bertz CT molecular complexity index is 1320. The fraction of sp³-hybridized carbons (Fsp3) is 0.250. The van der Waals surface area contributed by atoms with E-state index >= 15 is 0 Å². The van der Waals surface area contributed by atoms with Gasteiger partial charge in [0.25, 0.3) is 11.8 Å². The number of amides is 3. The fourth-order valence-electron chi connectivity index (χ4n) is 3.73. The minimum absolute atomic E-state index is 0.00217. The van der Waals surface area contributed by atoms with Crippen molar-refractivity contribution in [3.05, 3.63) is 64.8 Å². The Morgan fingerprint density at radius 1 is 1.29 bits per heavy atom. The van der Waals surface area contributed by atoms with E-state index in [9.17, 15) is 19.2 Å². The number of thiazole rings is 1. The number of anilines is 1. The van der Waals surface area contributed by atoms with Crippen LogP contribution in [0.5, 0.6) is 5.75 Å². The summed E-state index contributed by atoms with van der Waals surface area (Å²) in [5.41, 5.74) is 1.40. The number of carbonyl (C=O) groups is 4. The number of nitrogens with zero attached hydrogens (tertiary/aromatic N) is 3. The number of rotatable bonds is 11. The summed E-state index contributed by atoms with van der Waals surface area (Å²) in [6.45, 7) is 3.76. The molecule has 0 aliphatic carbocycles. The van der Waals surface area contributed by atoms with Crippen LogP contribution in [0.1, 0.15) is 11.3 Å². The first-order valence-electron chi connectivity index (χ1n) is 11.1. The molecule has 4 rings (SSSR count). The Morgan fingerprint density at radius 2 is 2.05 bits per heavy atom. The molecule has 0 radical (unpaired) electrons. The second kappa shape index (κ2) is 11.9. The summed E-state index contributed by atoms with van der Waals surface area (Å²) in [6, 6.07) is 6.13. The van der Waals surface area contributed by atoms with Crippen molar-refractivity contribution in [2.24, 2.45) is 5.16 Å². The second-order valence-corrected chi connectivity index (χ2v) is 9.75. The number of methoxy groups -OCH3 is 1. The average Bonchev–Trinajstić information content (AvgIpc) is 3.40. The van der Waals surface area contributed by atoms with Crippen LogP contribution < -0.4 is 15.4 Å². The monoisotopic (exact) mass is 557 g/mol. The molecule has 2 N–H and O–H groups in total. The van der Waals surface area contributed by atoms with Crippen molar-refractivity contribution in [2.45, 2.75) is 18.0 Å². The van der Waals surface area contributed by atoms with Gasteiger partial charge in [0.05, 0.1) is 7.11 Å². The molecule has 198 valence electrons. The van der Waals surface area contributed by atoms with E-state index in [1.165, 1.54) is 35.2 Å². The van der Waals surface area contributed by atoms with E-state index in [1.807, 2.05) is 0 Å². The predicted octanol–water partition coefficient (Wildman–Crippen LogP) is 1.65. The number of ether oxygens (including phenoxy) is 2. The van der Waals surface area contributed by atoms with Crippen LogP contribution in [-0.2, 0) is 35.4 Å². The first-order chi connectivity index (χ1) is 18.4. The quantitative estimate of drug-likeness (QED) is 0.138. The van der Waals surface area contributed by atoms with E-state index in [2.05, 4.69) is 27.4 Å². The number of allylic oxidation sites excluding steroid dienone is 1. The number of carbonyl (C=O) groups excluding carboxylic acids is 4. The summed E-state index contributed by atoms with van der Waals surface area (Å²) in [4.78, 5) is 60.1. The van der Waals surface area contributed by atoms with Gasteiger partial charge < -0.3 is 24.9 Å². The van der Waals surface area contributed by atoms with Gasteiger partial charge in [-0.3, -0.25) is 19.3 Å². The summed E-state index contributed by atoms with van der Waals surface area (Å²) >= 11 is 2.47. The molecule has 1 fully saturated rings. The molecule has 3 heterocycles. The van der Waals surface area contributed by atoms with Gasteiger partial charge in [-0.2, -0.15) is 0 Å². The zero-order chi connectivity index (χ0) is 27.2. The van der Waals surface area contributed by atoms with Crippen LogP contribution >= 0.6 is 23.1 Å². The van der Waals surface area contributed by atoms with E-state index in [0.717, 1.165) is 16.9 Å². The zero-order valence-electron chi connectivity index (χ0n) is 20.3. The first kappa shape index (κ1) is 26.9. The van der Waals surface area contributed by atoms with Crippen LogP contribution in [0.3, 0.4) is 0 Å². The molecule has 38 heavy (non-hydrogen) atoms. The highest BCUT2D eigenvalue weighted by Crippen LogP contribution is 2.41. The topological polar surface area (TPSA) is 149 Å². The molecule has 2 aromatic rings. The van der Waals surface area contributed by atoms with Gasteiger partial charge in [0, 0.05) is 11.1 Å². The van der Waals surface area contributed by atoms with E-state index in [1.54, 1.807) is 31.4 Å². The van der Waals surface area contributed by atoms with Gasteiger partial charge in [-0.15, -0.1) is 23.1 Å². The molecule has 2 aliphatic rings. The van der Waals surface area contributed by atoms with Crippen LogP contribution in [0.15, 0.2) is 58.7 Å². The molecular formula is C24H23N5O7S2. The highest BCUT2D eigenvalue weighted by atomic mass is 32.2. The summed E-state index contributed by atoms with van der Waals surface area (Å²) in [5, 5.41) is 10.0. The van der Waals surface area contributed by atoms with Crippen LogP contribution in [0, 0.1) is 0 Å². The third-order valence-electron chi connectivity index (χ3n) is 5.58. The summed E-state index contributed by atoms with van der Waals surface area (Å²) in [6.07, 6.45) is 1.98. The van der Waals surface area contributed by atoms with E-state index in [4.69, 9.17) is 14.3 Å². The lowest BCUT2D eigenvalue weighted by atomic mass is 10.0. The highest BCUT2D eigenvalue weighted by Gasteiger charge is 2.54. The fourth-order valence-corrected chi connectivity index (χ4v) is 5.73. The molecule has 2 atom stereocenters. The van der Waals surface area contributed by atoms with E-state index < -0.39 is 29.2 Å². The number of hydrogen-bond donors (Lipinski definition) is 2. The van der Waals surface area contributed by atoms with Crippen LogP contribution in [-0.4, -0.2) is 71.2 Å². The molecular weight excluding hydrogens is 534 g/mol. The lowest BCUT2D eigenvalue weighted by Crippen LogP contribution is -2.71. The molecule has 2 aliphatic heterocycles. The van der Waals surface area contributed by atoms with Crippen molar-refractivity contribution in [1.29, 1.82) is 0 Å². The van der Waals surface area contributed by atoms with Gasteiger partial charge in [0.15, 0.2) is 10.8 Å². The zero-order valence-corrected chi connectivity index (χ0v) is 22.0. The van der Waals surface area contributed by atoms with Crippen molar-refractivity contribution < 1.29 is 33.5 Å². The van der Waals surface area contributed by atoms with Crippen LogP contribution in [0.25, 0.3) is 0 Å². The molecule has 1 saturated heterocycles. The standard InChI is InChI=1S/C24H23N5O7S2/c1-4-14-10-37-22-18(27-20(31)17(28-35-3)16-11-38-24(26-16)25-12-30)21(32)29(22)19(14)23(33)36-9-13-5-7-15(34-2)8-6-13/h4-8,11-12,18,22H,1,9-10H2,2-3H3,(H,27,31)(H,25,26,30)/t18?,22-/m0/s1. The SMILES string of the molecule is C=CC1=C(C(=O)OCc2ccc(OC)cc2)N2C(=O)C(NC(=O)C(=NOC)c3csc(NC=O)n3)[C@@H]2SC1. The number of hydrogen-bond acceptors (Lipinski definition) is 11. The van der Waals surface area contributed by atoms with Gasteiger partial charge >= 0.3 is 5.97 Å². The number of nitrogens with one attached hydrogen (secondary N) is 2. The second-order valence-electron chi connectivity index (χ2n) is 7.79. The van der Waals surface area contributed by atoms with Crippen LogP contribution in [0.2, 0.25) is 0 Å². The first-order valence-corrected chi connectivity index (χ1v) is 13.0. The molecule has 14 heteroatoms. The molecule has 1 unspecified atom stereocenters. The van der Waals surface area contributed by atoms with Crippen LogP contribution in [0.4, 0.5) is 5.13 Å². The van der Waals surface area contributed by atoms with Crippen molar-refractivity contribution in [1.82, 2.24) is 15.2 Å². The highest BCUT2D eigenvalue weighted by molar-refractivity contribution is 8.00. The minimum Gasteiger partial charge on any atom is -0.497 e. The van der Waals surface area contributed by atoms with Crippen molar-refractivity contribution >= 4 is 58.1 Å². The van der Waals surface area contributed by atoms with Crippen molar-refractivity contribution in [3.8, 4) is 5.75 Å². The third-order valence-corrected chi connectivity index (χ3v) is 7.66. The number of thioether (sulfide) groups is 1. The Kier molecular flexibility index (Phi) is 8.43. The summed E-state index contributed by atoms with van der Waals surface area (Å²) in [7, 11) is 2.83. The minimum atomic E-state index is -0.920. The molecule has 0 saturated carbocycles. The molecule has 3 amide bonds. The van der Waals surface area contributed by atoms with Crippen molar-refractivity contribution in [3.63, 3.8) is 0 Å². The molecule has 0 bridgehead atoms. The largest absolute Gasteiger partial charge is 0.497 e. The maximum atomic E-state index is 13.1. The van der Waals surface area contributed by atoms with Gasteiger partial charge in [-0.1, -0.05) is 29.9 Å². The Labute approximate surface area is 225 Å². The number of β-lactam (4-membered cyclic amide) rings is 1. The van der Waals surface area contributed by atoms with E-state index in [-0.39, 0.29) is 28.8 Å². The summed E-state index contributed by atoms with van der Waals surface area (Å²) < 4.78 is 10.6. The number of esters is 1. The molecule has 1 aromatic carbocycles. The Hall–Kier alpha value is -4.17. The predicted molar refractivity (Wildman–Crippen MR) is 140 cm³/mol. The smallest absolute Gasteiger partial charge is 0.355 e. The third kappa shape index (κ3) is 5.40. The number of benzene rings is 1. The number of aromatic nitrogens is 1. The average molecular weight is 558 g/mol. The van der Waals surface area contributed by atoms with Crippen molar-refractivity contribution in [2.75, 3.05) is 25.3 Å². The molecule has 12 nitrogen and oxygen atoms in total. The normalized spacial score (nSPS) is 18.6. The van der Waals surface area contributed by atoms with Gasteiger partial charge in [0.1, 0.15) is 42.3 Å². The maximum Gasteiger partial charge on any atom is 0.355 e. The Balaban J connectivity index is 1.46. The molecule has 0 spiro atoms. The van der Waals surface area contributed by atoms with E-state index in [0.29, 0.717) is 23.5 Å². The Morgan fingerprint density at radius 3 is 2.71 bits per heavy atom.